The van der Waals surface area contributed by atoms with Gasteiger partial charge in [0.2, 0.25) is 6.79 Å². The number of fused-ring (bicyclic) bond motifs is 2. The number of methoxy groups -OCH3 is 1. The number of amides is 1. The van der Waals surface area contributed by atoms with Crippen LogP contribution in [0.15, 0.2) is 18.2 Å². The third-order valence-electron chi connectivity index (χ3n) is 4.76. The molecule has 1 N–H and O–H groups in total. The largest absolute Gasteiger partial charge is 0.465 e. The van der Waals surface area contributed by atoms with Crippen molar-refractivity contribution in [2.24, 2.45) is 5.92 Å². The molecule has 0 unspecified atom stereocenters. The van der Waals surface area contributed by atoms with E-state index in [0.29, 0.717) is 33.5 Å². The zero-order valence-electron chi connectivity index (χ0n) is 14.6. The summed E-state index contributed by atoms with van der Waals surface area (Å²) in [5.41, 5.74) is 1.96. The van der Waals surface area contributed by atoms with Gasteiger partial charge in [-0.15, -0.1) is 11.3 Å². The minimum Gasteiger partial charge on any atom is -0.465 e. The molecule has 2 aliphatic rings. The maximum absolute atomic E-state index is 12.7. The van der Waals surface area contributed by atoms with Crippen LogP contribution in [0, 0.1) is 5.92 Å². The van der Waals surface area contributed by atoms with Crippen molar-refractivity contribution < 1.29 is 23.8 Å². The Balaban J connectivity index is 1.65. The first-order valence-corrected chi connectivity index (χ1v) is 9.32. The first kappa shape index (κ1) is 16.9. The highest BCUT2D eigenvalue weighted by atomic mass is 32.1. The predicted molar refractivity (Wildman–Crippen MR) is 97.4 cm³/mol. The number of ether oxygens (including phenoxy) is 3. The van der Waals surface area contributed by atoms with Gasteiger partial charge in [0.1, 0.15) is 5.00 Å². The van der Waals surface area contributed by atoms with Gasteiger partial charge in [-0.25, -0.2) is 4.79 Å². The Labute approximate surface area is 155 Å². The fraction of sp³-hybridized carbons (Fsp3) is 0.368. The summed E-state index contributed by atoms with van der Waals surface area (Å²) in [6, 6.07) is 5.03. The van der Waals surface area contributed by atoms with Crippen molar-refractivity contribution >= 4 is 28.2 Å². The third kappa shape index (κ3) is 2.92. The maximum atomic E-state index is 12.7. The topological polar surface area (TPSA) is 73.9 Å². The van der Waals surface area contributed by atoms with E-state index in [-0.39, 0.29) is 12.7 Å². The highest BCUT2D eigenvalue weighted by molar-refractivity contribution is 7.17. The first-order valence-electron chi connectivity index (χ1n) is 8.50. The summed E-state index contributed by atoms with van der Waals surface area (Å²) in [4.78, 5) is 26.2. The molecule has 0 saturated heterocycles. The van der Waals surface area contributed by atoms with Crippen LogP contribution in [0.5, 0.6) is 11.5 Å². The van der Waals surface area contributed by atoms with Gasteiger partial charge in [-0.05, 0) is 48.9 Å². The van der Waals surface area contributed by atoms with E-state index in [0.717, 1.165) is 29.7 Å². The van der Waals surface area contributed by atoms with Crippen molar-refractivity contribution in [3.8, 4) is 11.5 Å². The van der Waals surface area contributed by atoms with E-state index in [1.165, 1.54) is 18.4 Å². The SMILES string of the molecule is COC(=O)c1c(NC(=O)c2ccc3c(c2)OCO3)sc2c1CC[C@@H](C)C2. The molecule has 136 valence electrons. The summed E-state index contributed by atoms with van der Waals surface area (Å²) in [6.45, 7) is 2.36. The van der Waals surface area contributed by atoms with Gasteiger partial charge in [0.05, 0.1) is 12.7 Å². The van der Waals surface area contributed by atoms with Crippen molar-refractivity contribution in [2.45, 2.75) is 26.2 Å². The Morgan fingerprint density at radius 1 is 1.27 bits per heavy atom. The van der Waals surface area contributed by atoms with Crippen LogP contribution in [-0.4, -0.2) is 25.8 Å². The van der Waals surface area contributed by atoms with E-state index in [1.54, 1.807) is 18.2 Å². The van der Waals surface area contributed by atoms with Crippen LogP contribution in [0.1, 0.15) is 44.5 Å². The maximum Gasteiger partial charge on any atom is 0.341 e. The summed E-state index contributed by atoms with van der Waals surface area (Å²) in [5.74, 6) is 1.05. The second-order valence-electron chi connectivity index (χ2n) is 6.57. The van der Waals surface area contributed by atoms with Gasteiger partial charge in [0, 0.05) is 10.4 Å². The van der Waals surface area contributed by atoms with Crippen molar-refractivity contribution in [3.63, 3.8) is 0 Å². The Hall–Kier alpha value is -2.54. The van der Waals surface area contributed by atoms with Crippen LogP contribution in [0.2, 0.25) is 0 Å². The van der Waals surface area contributed by atoms with Crippen molar-refractivity contribution in [2.75, 3.05) is 19.2 Å². The summed E-state index contributed by atoms with van der Waals surface area (Å²) < 4.78 is 15.5. The van der Waals surface area contributed by atoms with E-state index < -0.39 is 5.97 Å². The van der Waals surface area contributed by atoms with E-state index >= 15 is 0 Å². The molecule has 1 aromatic carbocycles. The van der Waals surface area contributed by atoms with Crippen molar-refractivity contribution in [1.29, 1.82) is 0 Å². The number of esters is 1. The molecular weight excluding hydrogens is 354 g/mol. The lowest BCUT2D eigenvalue weighted by Gasteiger charge is -2.18. The molecule has 7 heteroatoms. The number of carbonyl (C=O) groups excluding carboxylic acids is 2. The normalized spacial score (nSPS) is 17.5. The molecule has 2 heterocycles. The number of nitrogens with one attached hydrogen (secondary N) is 1. The summed E-state index contributed by atoms with van der Waals surface area (Å²) >= 11 is 1.47. The molecule has 26 heavy (non-hydrogen) atoms. The minimum atomic E-state index is -0.405. The lowest BCUT2D eigenvalue weighted by molar-refractivity contribution is 0.0601. The monoisotopic (exact) mass is 373 g/mol. The number of hydrogen-bond donors (Lipinski definition) is 1. The number of rotatable bonds is 3. The van der Waals surface area contributed by atoms with Crippen LogP contribution in [-0.2, 0) is 17.6 Å². The van der Waals surface area contributed by atoms with Crippen LogP contribution in [0.25, 0.3) is 0 Å². The molecule has 1 aliphatic heterocycles. The van der Waals surface area contributed by atoms with E-state index in [2.05, 4.69) is 12.2 Å². The predicted octanol–water partition coefficient (Wildman–Crippen LogP) is 3.64. The van der Waals surface area contributed by atoms with Crippen molar-refractivity contribution in [3.05, 3.63) is 39.8 Å². The van der Waals surface area contributed by atoms with Gasteiger partial charge >= 0.3 is 5.97 Å². The van der Waals surface area contributed by atoms with E-state index in [4.69, 9.17) is 14.2 Å². The Kier molecular flexibility index (Phi) is 4.32. The average Bonchev–Trinajstić information content (AvgIpc) is 3.23. The number of benzene rings is 1. The second-order valence-corrected chi connectivity index (χ2v) is 7.67. The van der Waals surface area contributed by atoms with Gasteiger partial charge in [0.25, 0.3) is 5.91 Å². The molecule has 6 nitrogen and oxygen atoms in total. The fourth-order valence-electron chi connectivity index (χ4n) is 3.37. The highest BCUT2D eigenvalue weighted by Gasteiger charge is 2.29. The van der Waals surface area contributed by atoms with Crippen molar-refractivity contribution in [1.82, 2.24) is 0 Å². The van der Waals surface area contributed by atoms with Crippen LogP contribution in [0.3, 0.4) is 0 Å². The molecular formula is C19H19NO5S. The third-order valence-corrected chi connectivity index (χ3v) is 5.93. The van der Waals surface area contributed by atoms with Gasteiger partial charge in [0.15, 0.2) is 11.5 Å². The zero-order valence-corrected chi connectivity index (χ0v) is 15.4. The Morgan fingerprint density at radius 3 is 2.88 bits per heavy atom. The second kappa shape index (κ2) is 6.64. The molecule has 1 aliphatic carbocycles. The molecule has 1 aromatic heterocycles. The van der Waals surface area contributed by atoms with Gasteiger partial charge in [-0.3, -0.25) is 4.79 Å². The number of anilines is 1. The standard InChI is InChI=1S/C19H19NO5S/c1-10-3-5-12-15(7-10)26-18(16(12)19(22)23-2)20-17(21)11-4-6-13-14(8-11)25-9-24-13/h4,6,8,10H,3,5,7,9H2,1-2H3,(H,20,21)/t10-/m1/s1. The molecule has 4 rings (SSSR count). The zero-order chi connectivity index (χ0) is 18.3. The van der Waals surface area contributed by atoms with Crippen LogP contribution >= 0.6 is 11.3 Å². The van der Waals surface area contributed by atoms with E-state index in [9.17, 15) is 9.59 Å². The fourth-order valence-corrected chi connectivity index (χ4v) is 4.76. The Morgan fingerprint density at radius 2 is 2.08 bits per heavy atom. The van der Waals surface area contributed by atoms with Crippen LogP contribution < -0.4 is 14.8 Å². The molecule has 0 radical (unpaired) electrons. The molecule has 0 saturated carbocycles. The number of carbonyl (C=O) groups is 2. The smallest absolute Gasteiger partial charge is 0.341 e. The quantitative estimate of drug-likeness (QED) is 0.832. The molecule has 0 fully saturated rings. The molecule has 2 aromatic rings. The molecule has 0 spiro atoms. The van der Waals surface area contributed by atoms with E-state index in [1.807, 2.05) is 0 Å². The van der Waals surface area contributed by atoms with Gasteiger partial charge in [-0.1, -0.05) is 6.92 Å². The number of thiophene rings is 1. The van der Waals surface area contributed by atoms with Crippen LogP contribution in [0.4, 0.5) is 5.00 Å². The summed E-state index contributed by atoms with van der Waals surface area (Å²) in [5, 5.41) is 3.44. The minimum absolute atomic E-state index is 0.155. The summed E-state index contributed by atoms with van der Waals surface area (Å²) in [6.07, 6.45) is 2.78. The lowest BCUT2D eigenvalue weighted by Crippen LogP contribution is -2.16. The molecule has 0 bridgehead atoms. The summed E-state index contributed by atoms with van der Waals surface area (Å²) in [7, 11) is 1.36. The number of hydrogen-bond acceptors (Lipinski definition) is 6. The molecule has 1 amide bonds. The Bertz CT molecular complexity index is 888. The first-order chi connectivity index (χ1) is 12.6. The van der Waals surface area contributed by atoms with Gasteiger partial charge in [-0.2, -0.15) is 0 Å². The highest BCUT2D eigenvalue weighted by Crippen LogP contribution is 2.40. The molecule has 1 atom stereocenters. The lowest BCUT2D eigenvalue weighted by atomic mass is 9.88. The van der Waals surface area contributed by atoms with Gasteiger partial charge < -0.3 is 19.5 Å². The average molecular weight is 373 g/mol.